The second-order valence-electron chi connectivity index (χ2n) is 5.68. The largest absolute Gasteiger partial charge is 0.393 e. The molecule has 0 aliphatic carbocycles. The Balaban J connectivity index is 2.06. The first-order chi connectivity index (χ1) is 8.58. The van der Waals surface area contributed by atoms with Crippen molar-refractivity contribution in [2.24, 2.45) is 5.92 Å². The van der Waals surface area contributed by atoms with E-state index in [2.05, 4.69) is 35.9 Å². The first-order valence-corrected chi connectivity index (χ1v) is 6.97. The van der Waals surface area contributed by atoms with Crippen molar-refractivity contribution >= 4 is 5.69 Å². The van der Waals surface area contributed by atoms with E-state index in [9.17, 15) is 5.11 Å². The molecule has 18 heavy (non-hydrogen) atoms. The van der Waals surface area contributed by atoms with Crippen LogP contribution in [0.4, 0.5) is 5.69 Å². The Bertz CT molecular complexity index is 373. The van der Waals surface area contributed by atoms with Crippen molar-refractivity contribution in [3.05, 3.63) is 24.0 Å². The lowest BCUT2D eigenvalue weighted by molar-refractivity contribution is 0.115. The van der Waals surface area contributed by atoms with Crippen LogP contribution in [0.2, 0.25) is 0 Å². The molecule has 0 unspecified atom stereocenters. The van der Waals surface area contributed by atoms with Crippen LogP contribution in [0.1, 0.15) is 45.2 Å². The Labute approximate surface area is 110 Å². The van der Waals surface area contributed by atoms with Gasteiger partial charge in [-0.25, -0.2) is 0 Å². The van der Waals surface area contributed by atoms with Crippen LogP contribution in [0, 0.1) is 5.92 Å². The quantitative estimate of drug-likeness (QED) is 0.893. The summed E-state index contributed by atoms with van der Waals surface area (Å²) in [5, 5.41) is 9.72. The summed E-state index contributed by atoms with van der Waals surface area (Å²) in [5.74, 6) is 0.870. The molecule has 0 amide bonds. The van der Waals surface area contributed by atoms with Gasteiger partial charge in [0.1, 0.15) is 0 Å². The number of nitrogens with zero attached hydrogens (tertiary/aromatic N) is 2. The molecule has 0 radical (unpaired) electrons. The lowest BCUT2D eigenvalue weighted by Crippen LogP contribution is -2.39. The number of aromatic nitrogens is 1. The standard InChI is InChI=1S/C15H24N2O/c1-11(2)15-7-6-14(9-16-15)17-8-4-5-13(10-17)12(3)18/h6-7,9,11-13,18H,4-5,8,10H2,1-3H3/t12-,13+/m1/s1. The highest BCUT2D eigenvalue weighted by Crippen LogP contribution is 2.25. The van der Waals surface area contributed by atoms with E-state index in [-0.39, 0.29) is 6.10 Å². The Morgan fingerprint density at radius 1 is 1.33 bits per heavy atom. The first kappa shape index (κ1) is 13.3. The van der Waals surface area contributed by atoms with E-state index in [1.54, 1.807) is 0 Å². The number of aliphatic hydroxyl groups excluding tert-OH is 1. The van der Waals surface area contributed by atoms with Crippen LogP contribution >= 0.6 is 0 Å². The minimum atomic E-state index is -0.212. The second-order valence-corrected chi connectivity index (χ2v) is 5.68. The predicted octanol–water partition coefficient (Wildman–Crippen LogP) is 2.80. The smallest absolute Gasteiger partial charge is 0.0557 e. The summed E-state index contributed by atoms with van der Waals surface area (Å²) in [6.07, 6.45) is 4.04. The lowest BCUT2D eigenvalue weighted by atomic mass is 9.93. The monoisotopic (exact) mass is 248 g/mol. The molecular weight excluding hydrogens is 224 g/mol. The summed E-state index contributed by atoms with van der Waals surface area (Å²) in [6, 6.07) is 4.28. The van der Waals surface area contributed by atoms with Crippen LogP contribution in [0.25, 0.3) is 0 Å². The van der Waals surface area contributed by atoms with Crippen molar-refractivity contribution < 1.29 is 5.11 Å². The van der Waals surface area contributed by atoms with Crippen LogP contribution < -0.4 is 4.90 Å². The minimum Gasteiger partial charge on any atom is -0.393 e. The maximum absolute atomic E-state index is 9.72. The first-order valence-electron chi connectivity index (χ1n) is 6.97. The van der Waals surface area contributed by atoms with Gasteiger partial charge in [0, 0.05) is 24.7 Å². The number of rotatable bonds is 3. The zero-order valence-electron chi connectivity index (χ0n) is 11.6. The molecule has 0 bridgehead atoms. The van der Waals surface area contributed by atoms with Crippen LogP contribution in [-0.4, -0.2) is 29.3 Å². The molecule has 2 rings (SSSR count). The fourth-order valence-electron chi connectivity index (χ4n) is 2.56. The van der Waals surface area contributed by atoms with Crippen LogP contribution in [0.15, 0.2) is 18.3 Å². The molecular formula is C15H24N2O. The van der Waals surface area contributed by atoms with E-state index >= 15 is 0 Å². The van der Waals surface area contributed by atoms with Gasteiger partial charge in [0.25, 0.3) is 0 Å². The maximum atomic E-state index is 9.72. The third-order valence-corrected chi connectivity index (χ3v) is 3.87. The summed E-state index contributed by atoms with van der Waals surface area (Å²) < 4.78 is 0. The molecule has 1 aromatic rings. The molecule has 1 saturated heterocycles. The average molecular weight is 248 g/mol. The molecule has 1 fully saturated rings. The highest BCUT2D eigenvalue weighted by molar-refractivity contribution is 5.45. The summed E-state index contributed by atoms with van der Waals surface area (Å²) in [6.45, 7) is 8.24. The third-order valence-electron chi connectivity index (χ3n) is 3.87. The second kappa shape index (κ2) is 5.70. The molecule has 1 aromatic heterocycles. The van der Waals surface area contributed by atoms with Crippen molar-refractivity contribution in [3.63, 3.8) is 0 Å². The van der Waals surface area contributed by atoms with Crippen LogP contribution in [0.3, 0.4) is 0 Å². The SMILES string of the molecule is CC(C)c1ccc(N2CCC[C@H]([C@@H](C)O)C2)cn1. The molecule has 0 aromatic carbocycles. The Morgan fingerprint density at radius 2 is 2.11 bits per heavy atom. The number of piperidine rings is 1. The highest BCUT2D eigenvalue weighted by atomic mass is 16.3. The van der Waals surface area contributed by atoms with Gasteiger partial charge in [-0.2, -0.15) is 0 Å². The fraction of sp³-hybridized carbons (Fsp3) is 0.667. The van der Waals surface area contributed by atoms with Crippen molar-refractivity contribution in [2.75, 3.05) is 18.0 Å². The van der Waals surface area contributed by atoms with E-state index < -0.39 is 0 Å². The van der Waals surface area contributed by atoms with Gasteiger partial charge in [-0.05, 0) is 37.8 Å². The summed E-state index contributed by atoms with van der Waals surface area (Å²) >= 11 is 0. The van der Waals surface area contributed by atoms with Gasteiger partial charge in [0.15, 0.2) is 0 Å². The highest BCUT2D eigenvalue weighted by Gasteiger charge is 2.23. The van der Waals surface area contributed by atoms with Gasteiger partial charge in [-0.15, -0.1) is 0 Å². The molecule has 100 valence electrons. The van der Waals surface area contributed by atoms with Crippen molar-refractivity contribution in [2.45, 2.75) is 45.6 Å². The average Bonchev–Trinajstić information content (AvgIpc) is 2.39. The summed E-state index contributed by atoms with van der Waals surface area (Å²) in [4.78, 5) is 6.86. The predicted molar refractivity (Wildman–Crippen MR) is 74.9 cm³/mol. The Morgan fingerprint density at radius 3 is 2.67 bits per heavy atom. The van der Waals surface area contributed by atoms with Crippen molar-refractivity contribution in [3.8, 4) is 0 Å². The van der Waals surface area contributed by atoms with E-state index in [4.69, 9.17) is 0 Å². The van der Waals surface area contributed by atoms with Crippen LogP contribution in [-0.2, 0) is 0 Å². The van der Waals surface area contributed by atoms with E-state index in [1.807, 2.05) is 13.1 Å². The van der Waals surface area contributed by atoms with E-state index in [1.165, 1.54) is 5.69 Å². The molecule has 1 aliphatic rings. The molecule has 1 aliphatic heterocycles. The zero-order valence-corrected chi connectivity index (χ0v) is 11.6. The van der Waals surface area contributed by atoms with Crippen molar-refractivity contribution in [1.82, 2.24) is 4.98 Å². The summed E-state index contributed by atoms with van der Waals surface area (Å²) in [5.41, 5.74) is 2.33. The zero-order chi connectivity index (χ0) is 13.1. The normalized spacial score (nSPS) is 22.3. The molecule has 0 saturated carbocycles. The third kappa shape index (κ3) is 3.02. The number of anilines is 1. The summed E-state index contributed by atoms with van der Waals surface area (Å²) in [7, 11) is 0. The van der Waals surface area contributed by atoms with Gasteiger partial charge in [-0.3, -0.25) is 4.98 Å². The number of pyridine rings is 1. The molecule has 3 heteroatoms. The Kier molecular flexibility index (Phi) is 4.23. The van der Waals surface area contributed by atoms with Gasteiger partial charge >= 0.3 is 0 Å². The molecule has 1 N–H and O–H groups in total. The minimum absolute atomic E-state index is 0.212. The fourth-order valence-corrected chi connectivity index (χ4v) is 2.56. The van der Waals surface area contributed by atoms with Crippen molar-refractivity contribution in [1.29, 1.82) is 0 Å². The number of hydrogen-bond acceptors (Lipinski definition) is 3. The van der Waals surface area contributed by atoms with Gasteiger partial charge in [-0.1, -0.05) is 13.8 Å². The molecule has 2 heterocycles. The van der Waals surface area contributed by atoms with Gasteiger partial charge < -0.3 is 10.0 Å². The van der Waals surface area contributed by atoms with Gasteiger partial charge in [0.2, 0.25) is 0 Å². The topological polar surface area (TPSA) is 36.4 Å². The van der Waals surface area contributed by atoms with E-state index in [0.29, 0.717) is 11.8 Å². The molecule has 2 atom stereocenters. The lowest BCUT2D eigenvalue weighted by Gasteiger charge is -2.35. The Hall–Kier alpha value is -1.09. The number of aliphatic hydroxyl groups is 1. The van der Waals surface area contributed by atoms with E-state index in [0.717, 1.165) is 31.6 Å². The molecule has 3 nitrogen and oxygen atoms in total. The molecule has 0 spiro atoms. The van der Waals surface area contributed by atoms with Crippen LogP contribution in [0.5, 0.6) is 0 Å². The number of hydrogen-bond donors (Lipinski definition) is 1. The van der Waals surface area contributed by atoms with Gasteiger partial charge in [0.05, 0.1) is 18.0 Å². The maximum Gasteiger partial charge on any atom is 0.0557 e.